The van der Waals surface area contributed by atoms with Gasteiger partial charge in [0.1, 0.15) is 0 Å². The summed E-state index contributed by atoms with van der Waals surface area (Å²) in [4.78, 5) is 33.6. The molecule has 1 amide bonds. The van der Waals surface area contributed by atoms with Crippen LogP contribution in [0.2, 0.25) is 0 Å². The van der Waals surface area contributed by atoms with E-state index in [1.54, 1.807) is 4.90 Å². The molecule has 1 heterocycles. The summed E-state index contributed by atoms with van der Waals surface area (Å²) in [5.74, 6) is -0.399. The zero-order valence-electron chi connectivity index (χ0n) is 9.94. The lowest BCUT2D eigenvalue weighted by atomic mass is 10.1. The van der Waals surface area contributed by atoms with Crippen molar-refractivity contribution < 1.29 is 14.6 Å². The first-order chi connectivity index (χ1) is 8.99. The molecule has 0 radical (unpaired) electrons. The normalized spacial score (nSPS) is 14.4. The number of amides is 1. The van der Waals surface area contributed by atoms with Gasteiger partial charge >= 0.3 is 0 Å². The Morgan fingerprint density at radius 3 is 1.89 bits per heavy atom. The van der Waals surface area contributed by atoms with Crippen LogP contribution in [0.5, 0.6) is 0 Å². The van der Waals surface area contributed by atoms with Crippen molar-refractivity contribution in [2.24, 2.45) is 0 Å². The van der Waals surface area contributed by atoms with E-state index in [9.17, 15) is 25.0 Å². The third-order valence-electron chi connectivity index (χ3n) is 2.96. The number of nitro groups is 2. The minimum atomic E-state index is -0.742. The van der Waals surface area contributed by atoms with Gasteiger partial charge in [0.05, 0.1) is 21.5 Å². The van der Waals surface area contributed by atoms with Gasteiger partial charge in [-0.3, -0.25) is 25.0 Å². The topological polar surface area (TPSA) is 107 Å². The Morgan fingerprint density at radius 1 is 1.00 bits per heavy atom. The molecule has 1 fully saturated rings. The van der Waals surface area contributed by atoms with E-state index in [2.05, 4.69) is 0 Å². The summed E-state index contributed by atoms with van der Waals surface area (Å²) in [5.41, 5.74) is -0.906. The molecule has 8 heteroatoms. The second kappa shape index (κ2) is 5.01. The summed E-state index contributed by atoms with van der Waals surface area (Å²) >= 11 is 0. The molecular weight excluding hydrogens is 254 g/mol. The highest BCUT2D eigenvalue weighted by Crippen LogP contribution is 2.24. The third-order valence-corrected chi connectivity index (χ3v) is 2.96. The van der Waals surface area contributed by atoms with Gasteiger partial charge in [0.25, 0.3) is 17.3 Å². The molecule has 1 aromatic carbocycles. The molecule has 1 saturated heterocycles. The van der Waals surface area contributed by atoms with Gasteiger partial charge in [0.15, 0.2) is 0 Å². The van der Waals surface area contributed by atoms with E-state index in [1.165, 1.54) is 0 Å². The minimum absolute atomic E-state index is 0.0113. The van der Waals surface area contributed by atoms with Crippen molar-refractivity contribution in [2.75, 3.05) is 13.1 Å². The Kier molecular flexibility index (Phi) is 3.41. The summed E-state index contributed by atoms with van der Waals surface area (Å²) in [7, 11) is 0. The van der Waals surface area contributed by atoms with Crippen molar-refractivity contribution in [2.45, 2.75) is 12.8 Å². The minimum Gasteiger partial charge on any atom is -0.339 e. The van der Waals surface area contributed by atoms with E-state index in [4.69, 9.17) is 0 Å². The Bertz CT molecular complexity index is 519. The van der Waals surface area contributed by atoms with Gasteiger partial charge in [0.2, 0.25) is 0 Å². The summed E-state index contributed by atoms with van der Waals surface area (Å²) < 4.78 is 0. The standard InChI is InChI=1S/C11H11N3O5/c15-11(12-3-1-2-4-12)8-5-9(13(16)17)7-10(6-8)14(18)19/h5-7H,1-4H2. The van der Waals surface area contributed by atoms with Gasteiger partial charge in [-0.2, -0.15) is 0 Å². The number of carbonyl (C=O) groups is 1. The SMILES string of the molecule is O=C(c1cc([N+](=O)[O-])cc([N+](=O)[O-])c1)N1CCCC1. The number of benzene rings is 1. The first-order valence-corrected chi connectivity index (χ1v) is 5.72. The lowest BCUT2D eigenvalue weighted by Gasteiger charge is -2.14. The predicted octanol–water partition coefficient (Wildman–Crippen LogP) is 1.74. The molecule has 0 saturated carbocycles. The third kappa shape index (κ3) is 2.67. The van der Waals surface area contributed by atoms with Crippen LogP contribution in [0.3, 0.4) is 0 Å². The zero-order valence-corrected chi connectivity index (χ0v) is 9.94. The Hall–Kier alpha value is -2.51. The number of nitrogens with zero attached hydrogens (tertiary/aromatic N) is 3. The van der Waals surface area contributed by atoms with Crippen LogP contribution in [0.4, 0.5) is 11.4 Å². The second-order valence-electron chi connectivity index (χ2n) is 4.25. The number of non-ortho nitro benzene ring substituents is 2. The number of rotatable bonds is 3. The maximum atomic E-state index is 12.1. The summed E-state index contributed by atoms with van der Waals surface area (Å²) in [5, 5.41) is 21.5. The quantitative estimate of drug-likeness (QED) is 0.611. The molecule has 1 aromatic rings. The molecule has 0 spiro atoms. The highest BCUT2D eigenvalue weighted by atomic mass is 16.6. The first kappa shape index (κ1) is 12.9. The molecule has 1 aliphatic heterocycles. The van der Waals surface area contributed by atoms with Crippen molar-refractivity contribution >= 4 is 17.3 Å². The average molecular weight is 265 g/mol. The lowest BCUT2D eigenvalue weighted by Crippen LogP contribution is -2.27. The van der Waals surface area contributed by atoms with Crippen molar-refractivity contribution in [3.63, 3.8) is 0 Å². The van der Waals surface area contributed by atoms with Gasteiger partial charge in [-0.05, 0) is 12.8 Å². The molecule has 19 heavy (non-hydrogen) atoms. The Labute approximate surface area is 107 Å². The van der Waals surface area contributed by atoms with Crippen LogP contribution in [0, 0.1) is 20.2 Å². The number of hydrogen-bond acceptors (Lipinski definition) is 5. The van der Waals surface area contributed by atoms with Gasteiger partial charge in [-0.25, -0.2) is 0 Å². The van der Waals surface area contributed by atoms with Crippen LogP contribution in [0.15, 0.2) is 18.2 Å². The molecule has 100 valence electrons. The van der Waals surface area contributed by atoms with E-state index in [0.29, 0.717) is 13.1 Å². The maximum Gasteiger partial charge on any atom is 0.277 e. The molecule has 0 unspecified atom stereocenters. The van der Waals surface area contributed by atoms with Crippen LogP contribution in [-0.4, -0.2) is 33.7 Å². The van der Waals surface area contributed by atoms with E-state index < -0.39 is 27.1 Å². The average Bonchev–Trinajstić information content (AvgIpc) is 2.91. The monoisotopic (exact) mass is 265 g/mol. The fourth-order valence-electron chi connectivity index (χ4n) is 2.03. The number of likely N-dealkylation sites (tertiary alicyclic amines) is 1. The Morgan fingerprint density at radius 2 is 1.47 bits per heavy atom. The molecule has 1 aliphatic rings. The fourth-order valence-corrected chi connectivity index (χ4v) is 2.03. The van der Waals surface area contributed by atoms with Gasteiger partial charge < -0.3 is 4.90 Å². The van der Waals surface area contributed by atoms with Crippen molar-refractivity contribution in [3.05, 3.63) is 44.0 Å². The molecule has 0 aliphatic carbocycles. The zero-order chi connectivity index (χ0) is 14.0. The Balaban J connectivity index is 2.40. The molecule has 0 N–H and O–H groups in total. The molecule has 0 atom stereocenters. The highest BCUT2D eigenvalue weighted by Gasteiger charge is 2.24. The molecule has 2 rings (SSSR count). The summed E-state index contributed by atoms with van der Waals surface area (Å²) in [6, 6.07) is 3.00. The largest absolute Gasteiger partial charge is 0.339 e. The van der Waals surface area contributed by atoms with Crippen LogP contribution in [-0.2, 0) is 0 Å². The summed E-state index contributed by atoms with van der Waals surface area (Å²) in [6.45, 7) is 1.16. The van der Waals surface area contributed by atoms with Crippen molar-refractivity contribution in [3.8, 4) is 0 Å². The van der Waals surface area contributed by atoms with Crippen LogP contribution < -0.4 is 0 Å². The van der Waals surface area contributed by atoms with Crippen LogP contribution in [0.25, 0.3) is 0 Å². The smallest absolute Gasteiger partial charge is 0.277 e. The van der Waals surface area contributed by atoms with Gasteiger partial charge in [0, 0.05) is 25.2 Å². The lowest BCUT2D eigenvalue weighted by molar-refractivity contribution is -0.394. The molecule has 0 aromatic heterocycles. The van der Waals surface area contributed by atoms with Crippen LogP contribution >= 0.6 is 0 Å². The van der Waals surface area contributed by atoms with E-state index in [0.717, 1.165) is 31.0 Å². The number of nitro benzene ring substituents is 2. The van der Waals surface area contributed by atoms with E-state index in [-0.39, 0.29) is 5.56 Å². The molecule has 0 bridgehead atoms. The molecular formula is C11H11N3O5. The van der Waals surface area contributed by atoms with E-state index >= 15 is 0 Å². The highest BCUT2D eigenvalue weighted by molar-refractivity contribution is 5.95. The maximum absolute atomic E-state index is 12.1. The van der Waals surface area contributed by atoms with Gasteiger partial charge in [-0.1, -0.05) is 0 Å². The number of hydrogen-bond donors (Lipinski definition) is 0. The summed E-state index contributed by atoms with van der Waals surface area (Å²) in [6.07, 6.45) is 1.76. The number of carbonyl (C=O) groups excluding carboxylic acids is 1. The van der Waals surface area contributed by atoms with Crippen LogP contribution in [0.1, 0.15) is 23.2 Å². The molecule has 8 nitrogen and oxygen atoms in total. The fraction of sp³-hybridized carbons (Fsp3) is 0.364. The van der Waals surface area contributed by atoms with Crippen molar-refractivity contribution in [1.29, 1.82) is 0 Å². The predicted molar refractivity (Wildman–Crippen MR) is 64.9 cm³/mol. The van der Waals surface area contributed by atoms with E-state index in [1.807, 2.05) is 0 Å². The first-order valence-electron chi connectivity index (χ1n) is 5.72. The van der Waals surface area contributed by atoms with Crippen molar-refractivity contribution in [1.82, 2.24) is 4.90 Å². The second-order valence-corrected chi connectivity index (χ2v) is 4.25. The van der Waals surface area contributed by atoms with Gasteiger partial charge in [-0.15, -0.1) is 0 Å².